The second-order valence-electron chi connectivity index (χ2n) is 26.1. The number of carbonyl (C=O) groups is 4. The molecular weight excluding hydrogens is 999 g/mol. The van der Waals surface area contributed by atoms with Gasteiger partial charge in [-0.15, -0.1) is 0 Å². The number of phenols is 2. The highest BCUT2D eigenvalue weighted by Gasteiger charge is 2.31. The number of allylic oxidation sites excluding steroid dienone is 4. The molecule has 434 valence electrons. The lowest BCUT2D eigenvalue weighted by molar-refractivity contribution is -0.155. The van der Waals surface area contributed by atoms with E-state index in [1.54, 1.807) is 18.2 Å². The first-order valence-electron chi connectivity index (χ1n) is 28.2. The normalized spacial score (nSPS) is 15.5. The average Bonchev–Trinajstić information content (AvgIpc) is 4.05. The number of nitrogens with one attached hydrogen (secondary N) is 2. The van der Waals surface area contributed by atoms with Crippen LogP contribution in [0, 0.1) is 27.6 Å². The molecular formula is C65H105N3O7S2. The number of carbonyl (C=O) groups excluding carboxylic acids is 4. The highest BCUT2D eigenvalue weighted by molar-refractivity contribution is 8.77. The summed E-state index contributed by atoms with van der Waals surface area (Å²) >= 11 is 0. The molecule has 1 aliphatic rings. The number of unbranched alkanes of at least 4 members (excludes halogenated alkanes) is 1. The summed E-state index contributed by atoms with van der Waals surface area (Å²) in [6.07, 6.45) is 24.7. The summed E-state index contributed by atoms with van der Waals surface area (Å²) in [5.74, 6) is 2.62. The molecule has 12 heteroatoms. The smallest absolute Gasteiger partial charge is 0.306 e. The molecule has 4 aromatic rings. The van der Waals surface area contributed by atoms with Gasteiger partial charge in [0, 0.05) is 79.7 Å². The van der Waals surface area contributed by atoms with Crippen molar-refractivity contribution in [1.29, 1.82) is 0 Å². The fraction of sp³-hybridized carbons (Fsp3) is 0.631. The van der Waals surface area contributed by atoms with Crippen molar-refractivity contribution in [3.05, 3.63) is 84.2 Å². The third-order valence-electron chi connectivity index (χ3n) is 12.9. The van der Waals surface area contributed by atoms with Gasteiger partial charge in [0.25, 0.3) is 0 Å². The molecule has 10 nitrogen and oxygen atoms in total. The maximum Gasteiger partial charge on any atom is 0.306 e. The predicted molar refractivity (Wildman–Crippen MR) is 332 cm³/mol. The first kappa shape index (κ1) is 70.8. The molecule has 0 aliphatic carbocycles. The SMILES string of the molecule is CC(C)(C)C(=O)[C@@H](N)Cc1c[nH]c2ccc(O)cc12.CC(C)(C)CCCc1c[nH]c2ccc(O)cc12.CC(C)(C)OC(=O)CCCC[C@]1(C)CCSS1.CC/C=C\CC(=O)C(C)(C)C.CC/C=C\CC(C)(C)C(=O)C(C)C. The summed E-state index contributed by atoms with van der Waals surface area (Å²) in [7, 11) is 3.99. The number of hydrogen-bond acceptors (Lipinski definition) is 10. The number of esters is 1. The maximum absolute atomic E-state index is 12.1. The molecule has 1 saturated heterocycles. The number of nitrogens with two attached hydrogens (primary N) is 1. The van der Waals surface area contributed by atoms with Crippen LogP contribution < -0.4 is 5.73 Å². The number of phenolic OH excluding ortho intramolecular Hbond substituents is 2. The van der Waals surface area contributed by atoms with Crippen LogP contribution in [0.15, 0.2) is 73.1 Å². The zero-order valence-corrected chi connectivity index (χ0v) is 52.9. The number of fused-ring (bicyclic) bond motifs is 2. The van der Waals surface area contributed by atoms with Gasteiger partial charge in [-0.25, -0.2) is 0 Å². The molecule has 77 heavy (non-hydrogen) atoms. The molecule has 2 aromatic heterocycles. The van der Waals surface area contributed by atoms with Gasteiger partial charge in [0.05, 0.1) is 6.04 Å². The summed E-state index contributed by atoms with van der Waals surface area (Å²) < 4.78 is 5.73. The Kier molecular flexibility index (Phi) is 30.1. The van der Waals surface area contributed by atoms with Crippen molar-refractivity contribution in [2.75, 3.05) is 5.75 Å². The van der Waals surface area contributed by atoms with Crippen molar-refractivity contribution in [2.24, 2.45) is 33.3 Å². The highest BCUT2D eigenvalue weighted by atomic mass is 33.1. The van der Waals surface area contributed by atoms with Crippen molar-refractivity contribution >= 4 is 66.7 Å². The summed E-state index contributed by atoms with van der Waals surface area (Å²) in [4.78, 5) is 53.0. The van der Waals surface area contributed by atoms with Gasteiger partial charge in [0.15, 0.2) is 5.78 Å². The summed E-state index contributed by atoms with van der Waals surface area (Å²) in [6.45, 7) is 38.5. The summed E-state index contributed by atoms with van der Waals surface area (Å²) in [5, 5.41) is 21.1. The third kappa shape index (κ3) is 29.0. The van der Waals surface area contributed by atoms with Crippen LogP contribution in [0.2, 0.25) is 0 Å². The lowest BCUT2D eigenvalue weighted by atomic mass is 9.79. The number of hydrogen-bond donors (Lipinski definition) is 5. The number of aromatic hydroxyl groups is 2. The zero-order chi connectivity index (χ0) is 59.0. The highest BCUT2D eigenvalue weighted by Crippen LogP contribution is 2.49. The first-order chi connectivity index (χ1) is 35.4. The Morgan fingerprint density at radius 1 is 0.727 bits per heavy atom. The Morgan fingerprint density at radius 3 is 1.73 bits per heavy atom. The quantitative estimate of drug-likeness (QED) is 0.0263. The van der Waals surface area contributed by atoms with E-state index in [0.29, 0.717) is 46.7 Å². The second kappa shape index (κ2) is 32.7. The lowest BCUT2D eigenvalue weighted by Gasteiger charge is -2.23. The largest absolute Gasteiger partial charge is 0.508 e. The van der Waals surface area contributed by atoms with Crippen LogP contribution in [-0.2, 0) is 36.8 Å². The van der Waals surface area contributed by atoms with E-state index in [1.165, 1.54) is 37.0 Å². The van der Waals surface area contributed by atoms with E-state index in [2.05, 4.69) is 69.9 Å². The molecule has 5 rings (SSSR count). The van der Waals surface area contributed by atoms with Gasteiger partial charge in [0.2, 0.25) is 0 Å². The van der Waals surface area contributed by atoms with E-state index in [-0.39, 0.29) is 39.9 Å². The Balaban J connectivity index is 0.000000488. The number of aromatic nitrogens is 2. The Labute approximate surface area is 474 Å². The number of rotatable bonds is 19. The number of aromatic amines is 2. The molecule has 0 radical (unpaired) electrons. The molecule has 2 atom stereocenters. The van der Waals surface area contributed by atoms with Crippen LogP contribution in [0.5, 0.6) is 11.5 Å². The van der Waals surface area contributed by atoms with E-state index in [1.807, 2.05) is 148 Å². The van der Waals surface area contributed by atoms with Crippen LogP contribution in [0.25, 0.3) is 21.8 Å². The molecule has 2 aromatic carbocycles. The molecule has 0 bridgehead atoms. The van der Waals surface area contributed by atoms with Crippen molar-refractivity contribution in [3.8, 4) is 11.5 Å². The minimum Gasteiger partial charge on any atom is -0.508 e. The van der Waals surface area contributed by atoms with Gasteiger partial charge in [-0.3, -0.25) is 19.2 Å². The lowest BCUT2D eigenvalue weighted by Crippen LogP contribution is -2.40. The average molecular weight is 1100 g/mol. The number of H-pyrrole nitrogens is 2. The monoisotopic (exact) mass is 1100 g/mol. The fourth-order valence-corrected chi connectivity index (χ4v) is 11.6. The second-order valence-corrected chi connectivity index (χ2v) is 29.1. The minimum absolute atomic E-state index is 0.0435. The Hall–Kier alpha value is -4.26. The van der Waals surface area contributed by atoms with E-state index in [4.69, 9.17) is 10.5 Å². The van der Waals surface area contributed by atoms with E-state index in [9.17, 15) is 29.4 Å². The van der Waals surface area contributed by atoms with E-state index >= 15 is 0 Å². The van der Waals surface area contributed by atoms with Gasteiger partial charge < -0.3 is 30.7 Å². The van der Waals surface area contributed by atoms with Crippen LogP contribution in [0.1, 0.15) is 213 Å². The van der Waals surface area contributed by atoms with Crippen molar-refractivity contribution < 1.29 is 34.1 Å². The maximum atomic E-state index is 12.1. The molecule has 0 amide bonds. The first-order valence-corrected chi connectivity index (χ1v) is 30.5. The van der Waals surface area contributed by atoms with Gasteiger partial charge in [0.1, 0.15) is 28.7 Å². The van der Waals surface area contributed by atoms with Crippen LogP contribution in [-0.4, -0.2) is 65.6 Å². The molecule has 0 saturated carbocycles. The number of aryl methyl sites for hydroxylation is 1. The molecule has 1 aliphatic heterocycles. The van der Waals surface area contributed by atoms with Crippen LogP contribution >= 0.6 is 21.6 Å². The summed E-state index contributed by atoms with van der Waals surface area (Å²) in [5.41, 5.74) is 9.53. The third-order valence-corrected chi connectivity index (χ3v) is 16.2. The predicted octanol–water partition coefficient (Wildman–Crippen LogP) is 17.6. The molecule has 1 fully saturated rings. The number of Topliss-reactive ketones (excluding diaryl/α,β-unsaturated/α-hetero) is 3. The van der Waals surface area contributed by atoms with Gasteiger partial charge in [-0.1, -0.05) is 156 Å². The standard InChI is InChI=1S/C15H20N2O2.C15H21NO.C13H24O2S2.C12H22O.C10H18O/c1-15(2,3)14(19)12(16)6-9-8-17-13-5-4-10(18)7-11(9)13;1-15(2,3)8-4-5-11-10-16-14-7-6-12(17)9-13(11)14;1-12(2,3)15-11(14)7-5-6-8-13(4)9-10-16-17-13;1-6-7-8-9-12(4,5)11(13)10(2)3;1-5-6-7-8-9(11)10(2,3)4/h4-5,7-8,12,17-18H,6,16H2,1-3H3;6-7,9-10,16-17H,4-5,8H2,1-3H3;5-10H2,1-4H3;7-8,10H,6,9H2,1-5H3;6-7H,5,8H2,1-4H3/b;;;8-7-;7-6-/t12-;;13-;;/m0.1../s1. The minimum atomic E-state index is -0.527. The van der Waals surface area contributed by atoms with Crippen LogP contribution in [0.3, 0.4) is 0 Å². The topological polar surface area (TPSA) is 176 Å². The fourth-order valence-electron chi connectivity index (χ4n) is 8.30. The molecule has 6 N–H and O–H groups in total. The number of benzene rings is 2. The Morgan fingerprint density at radius 2 is 1.26 bits per heavy atom. The van der Waals surface area contributed by atoms with Crippen molar-refractivity contribution in [3.63, 3.8) is 0 Å². The Bertz CT molecular complexity index is 2460. The van der Waals surface area contributed by atoms with Crippen molar-refractivity contribution in [2.45, 2.75) is 231 Å². The van der Waals surface area contributed by atoms with Gasteiger partial charge in [-0.2, -0.15) is 0 Å². The van der Waals surface area contributed by atoms with E-state index < -0.39 is 11.5 Å². The molecule has 0 unspecified atom stereocenters. The van der Waals surface area contributed by atoms with Crippen molar-refractivity contribution in [1.82, 2.24) is 9.97 Å². The van der Waals surface area contributed by atoms with Gasteiger partial charge >= 0.3 is 5.97 Å². The zero-order valence-electron chi connectivity index (χ0n) is 51.3. The number of ether oxygens (including phenoxy) is 1. The van der Waals surface area contributed by atoms with E-state index in [0.717, 1.165) is 65.9 Å². The van der Waals surface area contributed by atoms with Crippen LogP contribution in [0.4, 0.5) is 0 Å². The molecule has 0 spiro atoms. The summed E-state index contributed by atoms with van der Waals surface area (Å²) in [6, 6.07) is 10.1. The number of ketones is 3. The molecule has 3 heterocycles. The van der Waals surface area contributed by atoms with Gasteiger partial charge in [-0.05, 0) is 145 Å².